The Morgan fingerprint density at radius 1 is 0.436 bits per heavy atom. The third-order valence-electron chi connectivity index (χ3n) is 15.6. The van der Waals surface area contributed by atoms with Crippen LogP contribution >= 0.6 is 7.82 Å². The fourth-order valence-corrected chi connectivity index (χ4v) is 11.1. The zero-order valence-electron chi connectivity index (χ0n) is 52.9. The number of amides is 1. The molecule has 0 heterocycles. The largest absolute Gasteiger partial charge is 0.472 e. The van der Waals surface area contributed by atoms with E-state index in [1.807, 2.05) is 33.3 Å². The number of rotatable bonds is 63. The van der Waals surface area contributed by atoms with E-state index in [1.165, 1.54) is 257 Å². The van der Waals surface area contributed by atoms with Gasteiger partial charge in [-0.25, -0.2) is 4.57 Å². The van der Waals surface area contributed by atoms with Gasteiger partial charge in [-0.2, -0.15) is 0 Å². The number of carbonyl (C=O) groups excluding carboxylic acids is 2. The van der Waals surface area contributed by atoms with Crippen molar-refractivity contribution in [1.82, 2.24) is 5.32 Å². The number of unbranched alkanes of at least 4 members (excludes halogenated alkanes) is 45. The van der Waals surface area contributed by atoms with Crippen molar-refractivity contribution in [1.29, 1.82) is 0 Å². The SMILES string of the molecule is CCCCCCCC/C=C/CCCCCCCCCC(=O)NC(COP(=O)(O)OCC[N+](C)(C)C)C(/C=C\CCCCCCCCCCCC)OC(=O)CCCCCCCCCCCCCCCCCCCCCCCCC. The average Bonchev–Trinajstić information content (AvgIpc) is 3.40. The number of phosphoric acid groups is 1. The van der Waals surface area contributed by atoms with Crippen LogP contribution in [0.15, 0.2) is 24.3 Å². The second kappa shape index (κ2) is 58.7. The molecule has 0 aromatic heterocycles. The number of hydrogen-bond acceptors (Lipinski definition) is 6. The van der Waals surface area contributed by atoms with Gasteiger partial charge in [0.2, 0.25) is 5.91 Å². The molecule has 0 spiro atoms. The summed E-state index contributed by atoms with van der Waals surface area (Å²) in [7, 11) is 1.51. The van der Waals surface area contributed by atoms with Crippen LogP contribution in [0.2, 0.25) is 0 Å². The Morgan fingerprint density at radius 3 is 1.09 bits per heavy atom. The first-order valence-electron chi connectivity index (χ1n) is 34.2. The van der Waals surface area contributed by atoms with Crippen LogP contribution in [-0.2, 0) is 27.9 Å². The molecule has 1 amide bonds. The van der Waals surface area contributed by atoms with Crippen molar-refractivity contribution in [2.45, 2.75) is 360 Å². The van der Waals surface area contributed by atoms with Gasteiger partial charge in [-0.3, -0.25) is 18.6 Å². The van der Waals surface area contributed by atoms with Gasteiger partial charge in [-0.15, -0.1) is 0 Å². The number of esters is 1. The van der Waals surface area contributed by atoms with Crippen molar-refractivity contribution >= 4 is 19.7 Å². The van der Waals surface area contributed by atoms with Crippen LogP contribution in [0.25, 0.3) is 0 Å². The first-order valence-corrected chi connectivity index (χ1v) is 35.7. The second-order valence-corrected chi connectivity index (χ2v) is 26.2. The number of nitrogens with zero attached hydrogens (tertiary/aromatic N) is 1. The lowest BCUT2D eigenvalue weighted by atomic mass is 10.0. The number of nitrogens with one attached hydrogen (secondary N) is 1. The summed E-state index contributed by atoms with van der Waals surface area (Å²) < 4.78 is 30.8. The molecule has 0 aromatic carbocycles. The van der Waals surface area contributed by atoms with E-state index in [4.69, 9.17) is 13.8 Å². The number of likely N-dealkylation sites (N-methyl/N-ethyl adjacent to an activating group) is 1. The van der Waals surface area contributed by atoms with Crippen LogP contribution in [0.5, 0.6) is 0 Å². The van der Waals surface area contributed by atoms with Gasteiger partial charge >= 0.3 is 13.8 Å². The van der Waals surface area contributed by atoms with Crippen molar-refractivity contribution < 1.29 is 37.3 Å². The Labute approximate surface area is 485 Å². The van der Waals surface area contributed by atoms with E-state index in [1.54, 1.807) is 0 Å². The Balaban J connectivity index is 5.08. The molecule has 0 radical (unpaired) electrons. The van der Waals surface area contributed by atoms with Gasteiger partial charge in [0, 0.05) is 12.8 Å². The van der Waals surface area contributed by atoms with Crippen molar-refractivity contribution in [2.75, 3.05) is 40.9 Å². The molecule has 0 saturated carbocycles. The zero-order valence-corrected chi connectivity index (χ0v) is 53.8. The predicted molar refractivity (Wildman–Crippen MR) is 337 cm³/mol. The Hall–Kier alpha value is -1.51. The molecule has 3 unspecified atom stereocenters. The van der Waals surface area contributed by atoms with Gasteiger partial charge in [0.25, 0.3) is 0 Å². The molecule has 0 rings (SSSR count). The molecule has 0 aliphatic carbocycles. The molecule has 3 atom stereocenters. The molecule has 0 aliphatic rings. The van der Waals surface area contributed by atoms with E-state index in [0.717, 1.165) is 57.8 Å². The molecule has 78 heavy (non-hydrogen) atoms. The summed E-state index contributed by atoms with van der Waals surface area (Å²) >= 11 is 0. The van der Waals surface area contributed by atoms with Gasteiger partial charge in [0.05, 0.1) is 33.8 Å². The standard InChI is InChI=1S/C68H133N2O7P/c1-7-10-13-16-19-22-25-28-30-32-33-34-35-36-37-39-41-43-46-49-52-55-58-61-68(72)77-66(59-56-53-50-47-44-27-24-21-18-15-12-9-3)65(64-76-78(73,74)75-63-62-70(4,5)6)69-67(71)60-57-54-51-48-45-42-40-38-31-29-26-23-20-17-14-11-8-2/h29,31,56,59,65-66H,7-28,30,32-55,57-58,60-64H2,1-6H3,(H-,69,71,73,74)/p+1/b31-29+,59-56-. The second-order valence-electron chi connectivity index (χ2n) is 24.7. The molecule has 462 valence electrons. The zero-order chi connectivity index (χ0) is 57.2. The van der Waals surface area contributed by atoms with Gasteiger partial charge in [0.1, 0.15) is 19.3 Å². The summed E-state index contributed by atoms with van der Waals surface area (Å²) in [5.41, 5.74) is 0. The summed E-state index contributed by atoms with van der Waals surface area (Å²) in [6, 6.07) is -0.845. The first kappa shape index (κ1) is 76.5. The highest BCUT2D eigenvalue weighted by Gasteiger charge is 2.30. The first-order chi connectivity index (χ1) is 37.9. The van der Waals surface area contributed by atoms with Gasteiger partial charge in [-0.05, 0) is 57.4 Å². The van der Waals surface area contributed by atoms with E-state index in [0.29, 0.717) is 23.9 Å². The van der Waals surface area contributed by atoms with Crippen molar-refractivity contribution in [3.8, 4) is 0 Å². The van der Waals surface area contributed by atoms with E-state index >= 15 is 0 Å². The number of phosphoric ester groups is 1. The summed E-state index contributed by atoms with van der Waals surface area (Å²) in [5, 5.41) is 3.07. The quantitative estimate of drug-likeness (QED) is 0.0205. The fraction of sp³-hybridized carbons (Fsp3) is 0.912. The number of allylic oxidation sites excluding steroid dienone is 3. The Morgan fingerprint density at radius 2 is 0.744 bits per heavy atom. The normalized spacial score (nSPS) is 13.7. The molecule has 9 nitrogen and oxygen atoms in total. The number of hydrogen-bond donors (Lipinski definition) is 2. The lowest BCUT2D eigenvalue weighted by molar-refractivity contribution is -0.870. The van der Waals surface area contributed by atoms with Gasteiger partial charge in [0.15, 0.2) is 0 Å². The minimum absolute atomic E-state index is 0.0431. The van der Waals surface area contributed by atoms with E-state index in [2.05, 4.69) is 38.2 Å². The van der Waals surface area contributed by atoms with E-state index in [-0.39, 0.29) is 25.1 Å². The summed E-state index contributed by atoms with van der Waals surface area (Å²) in [6.07, 6.45) is 70.4. The Bertz CT molecular complexity index is 1380. The molecule has 0 bridgehead atoms. The van der Waals surface area contributed by atoms with Gasteiger partial charge < -0.3 is 19.4 Å². The molecule has 0 aromatic rings. The van der Waals surface area contributed by atoms with E-state index in [9.17, 15) is 19.0 Å². The maximum Gasteiger partial charge on any atom is 0.472 e. The van der Waals surface area contributed by atoms with Crippen molar-refractivity contribution in [3.63, 3.8) is 0 Å². The average molecular weight is 1120 g/mol. The summed E-state index contributed by atoms with van der Waals surface area (Å²) in [6.45, 7) is 7.06. The minimum Gasteiger partial charge on any atom is -0.456 e. The molecule has 0 fully saturated rings. The van der Waals surface area contributed by atoms with Crippen LogP contribution < -0.4 is 5.32 Å². The lowest BCUT2D eigenvalue weighted by Gasteiger charge is -2.27. The van der Waals surface area contributed by atoms with Crippen LogP contribution in [-0.4, -0.2) is 74.3 Å². The monoisotopic (exact) mass is 1120 g/mol. The maximum atomic E-state index is 13.6. The predicted octanol–water partition coefficient (Wildman–Crippen LogP) is 21.3. The highest BCUT2D eigenvalue weighted by atomic mass is 31.2. The molecule has 0 aliphatic heterocycles. The maximum absolute atomic E-state index is 13.6. The highest BCUT2D eigenvalue weighted by molar-refractivity contribution is 7.47. The minimum atomic E-state index is -4.45. The molecule has 2 N–H and O–H groups in total. The Kier molecular flexibility index (Phi) is 57.5. The highest BCUT2D eigenvalue weighted by Crippen LogP contribution is 2.43. The summed E-state index contributed by atoms with van der Waals surface area (Å²) in [4.78, 5) is 37.8. The molecular formula is C68H134N2O7P+. The summed E-state index contributed by atoms with van der Waals surface area (Å²) in [5.74, 6) is -0.490. The van der Waals surface area contributed by atoms with Crippen molar-refractivity contribution in [2.24, 2.45) is 0 Å². The smallest absolute Gasteiger partial charge is 0.456 e. The van der Waals surface area contributed by atoms with Crippen LogP contribution in [0.3, 0.4) is 0 Å². The number of ether oxygens (including phenoxy) is 1. The van der Waals surface area contributed by atoms with Crippen LogP contribution in [0.1, 0.15) is 348 Å². The lowest BCUT2D eigenvalue weighted by Crippen LogP contribution is -2.47. The number of quaternary nitrogens is 1. The topological polar surface area (TPSA) is 111 Å². The third-order valence-corrected chi connectivity index (χ3v) is 16.6. The van der Waals surface area contributed by atoms with Gasteiger partial charge in [-0.1, -0.05) is 302 Å². The van der Waals surface area contributed by atoms with Crippen LogP contribution in [0.4, 0.5) is 0 Å². The molecule has 0 saturated heterocycles. The molecule has 10 heteroatoms. The number of carbonyl (C=O) groups is 2. The van der Waals surface area contributed by atoms with Crippen LogP contribution in [0, 0.1) is 0 Å². The fourth-order valence-electron chi connectivity index (χ4n) is 10.4. The third kappa shape index (κ3) is 59.1. The van der Waals surface area contributed by atoms with Crippen molar-refractivity contribution in [3.05, 3.63) is 24.3 Å². The van der Waals surface area contributed by atoms with E-state index < -0.39 is 20.0 Å². The molecular weight excluding hydrogens is 988 g/mol.